The first-order valence-corrected chi connectivity index (χ1v) is 14.4. The molecule has 0 atom stereocenters. The molecule has 0 heterocycles. The molecule has 43 heavy (non-hydrogen) atoms. The van der Waals surface area contributed by atoms with Gasteiger partial charge < -0.3 is 22.5 Å². The van der Waals surface area contributed by atoms with E-state index in [-0.39, 0.29) is 23.1 Å². The predicted octanol–water partition coefficient (Wildman–Crippen LogP) is 4.63. The number of hydrogen-bond acceptors (Lipinski definition) is 8. The predicted molar refractivity (Wildman–Crippen MR) is 169 cm³/mol. The Morgan fingerprint density at radius 2 is 0.907 bits per heavy atom. The molecule has 0 amide bonds. The highest BCUT2D eigenvalue weighted by Gasteiger charge is 2.32. The molecule has 0 spiro atoms. The van der Waals surface area contributed by atoms with E-state index < -0.39 is 0 Å². The molecule has 6 rings (SSSR count). The van der Waals surface area contributed by atoms with Crippen LogP contribution in [-0.4, -0.2) is 49.3 Å². The summed E-state index contributed by atoms with van der Waals surface area (Å²) >= 11 is 6.00. The van der Waals surface area contributed by atoms with Crippen LogP contribution in [0.3, 0.4) is 0 Å². The third kappa shape index (κ3) is 6.63. The van der Waals surface area contributed by atoms with Crippen molar-refractivity contribution >= 4 is 40.4 Å². The van der Waals surface area contributed by atoms with Crippen LogP contribution >= 0.6 is 11.6 Å². The molecular weight excluding hydrogens is 564 g/mol. The number of nitrogens with one attached hydrogen (secondary N) is 1. The van der Waals surface area contributed by atoms with Crippen molar-refractivity contribution in [2.75, 3.05) is 31.5 Å². The fraction of sp³-hybridized carbons (Fsp3) is 0.176. The quantitative estimate of drug-likeness (QED) is 0.203. The van der Waals surface area contributed by atoms with Crippen LogP contribution in [0.15, 0.2) is 84.9 Å². The molecular formula is C34H33ClN4O4. The van der Waals surface area contributed by atoms with E-state index in [0.29, 0.717) is 68.3 Å². The lowest BCUT2D eigenvalue weighted by molar-refractivity contribution is 0.0979. The fourth-order valence-electron chi connectivity index (χ4n) is 4.84. The minimum absolute atomic E-state index is 0.0947. The van der Waals surface area contributed by atoms with Gasteiger partial charge in [0.2, 0.25) is 0 Å². The number of ketones is 4. The summed E-state index contributed by atoms with van der Waals surface area (Å²) in [7, 11) is 0. The first kappa shape index (κ1) is 31.5. The lowest BCUT2D eigenvalue weighted by Crippen LogP contribution is -2.22. The van der Waals surface area contributed by atoms with E-state index in [1.807, 2.05) is 6.07 Å². The number of rotatable bonds is 6. The summed E-state index contributed by atoms with van der Waals surface area (Å²) in [5, 5.41) is 3.53. The van der Waals surface area contributed by atoms with Crippen molar-refractivity contribution in [3.05, 3.63) is 134 Å². The first-order valence-electron chi connectivity index (χ1n) is 14.0. The zero-order chi connectivity index (χ0) is 30.9. The molecule has 220 valence electrons. The maximum Gasteiger partial charge on any atom is 0.196 e. The molecule has 4 aromatic carbocycles. The van der Waals surface area contributed by atoms with Crippen LogP contribution in [0.4, 0.5) is 5.69 Å². The third-order valence-electron chi connectivity index (χ3n) is 6.96. The van der Waals surface area contributed by atoms with Gasteiger partial charge >= 0.3 is 0 Å². The Balaban J connectivity index is 0.000000173. The highest BCUT2D eigenvalue weighted by molar-refractivity contribution is 6.39. The largest absolute Gasteiger partial charge is 0.384 e. The molecule has 2 aliphatic carbocycles. The van der Waals surface area contributed by atoms with Gasteiger partial charge in [-0.05, 0) is 44.6 Å². The molecule has 0 unspecified atom stereocenters. The van der Waals surface area contributed by atoms with Gasteiger partial charge in [-0.25, -0.2) is 0 Å². The molecule has 9 heteroatoms. The second-order valence-electron chi connectivity index (χ2n) is 9.80. The maximum atomic E-state index is 12.7. The molecule has 0 fully saturated rings. The molecule has 7 N–H and O–H groups in total. The van der Waals surface area contributed by atoms with Gasteiger partial charge in [0, 0.05) is 45.6 Å². The fourth-order valence-corrected chi connectivity index (χ4v) is 5.10. The standard InChI is InChI=1S/C17H16N2O2.C14H7ClO2.C3H10N2/c18-9-4-10-19-14-8-3-7-13-15(14)17(21)12-6-2-1-5-11(12)16(13)20;15-11-7-3-6-10-12(11)14(17)9-5-2-1-4-8(9)13(10)16;4-2-1-3-5/h1-3,5-8,19H,4,9-10,18H2;1-7H;1-5H2. The lowest BCUT2D eigenvalue weighted by Gasteiger charge is -2.20. The summed E-state index contributed by atoms with van der Waals surface area (Å²) < 4.78 is 0. The smallest absolute Gasteiger partial charge is 0.196 e. The number of anilines is 1. The number of halogens is 1. The van der Waals surface area contributed by atoms with Gasteiger partial charge in [-0.2, -0.15) is 0 Å². The lowest BCUT2D eigenvalue weighted by atomic mass is 9.83. The molecule has 0 saturated heterocycles. The highest BCUT2D eigenvalue weighted by Crippen LogP contribution is 2.33. The van der Waals surface area contributed by atoms with E-state index in [1.54, 1.807) is 78.9 Å². The molecule has 0 aliphatic heterocycles. The molecule has 8 nitrogen and oxygen atoms in total. The van der Waals surface area contributed by atoms with Crippen LogP contribution in [0.2, 0.25) is 5.02 Å². The normalized spacial score (nSPS) is 12.5. The Morgan fingerprint density at radius 1 is 0.488 bits per heavy atom. The van der Waals surface area contributed by atoms with Crippen molar-refractivity contribution in [2.24, 2.45) is 17.2 Å². The summed E-state index contributed by atoms with van der Waals surface area (Å²) in [6.45, 7) is 2.70. The van der Waals surface area contributed by atoms with E-state index in [9.17, 15) is 19.2 Å². The molecule has 0 radical (unpaired) electrons. The van der Waals surface area contributed by atoms with Gasteiger partial charge in [0.05, 0.1) is 16.1 Å². The van der Waals surface area contributed by atoms with Crippen LogP contribution in [0, 0.1) is 0 Å². The van der Waals surface area contributed by atoms with Crippen LogP contribution < -0.4 is 22.5 Å². The topological polar surface area (TPSA) is 158 Å². The van der Waals surface area contributed by atoms with Crippen LogP contribution in [0.1, 0.15) is 76.5 Å². The average Bonchev–Trinajstić information content (AvgIpc) is 3.03. The summed E-state index contributed by atoms with van der Waals surface area (Å²) in [4.78, 5) is 49.7. The van der Waals surface area contributed by atoms with E-state index in [0.717, 1.165) is 25.9 Å². The Morgan fingerprint density at radius 3 is 1.40 bits per heavy atom. The summed E-state index contributed by atoms with van der Waals surface area (Å²) in [5.74, 6) is -0.516. The van der Waals surface area contributed by atoms with E-state index >= 15 is 0 Å². The number of carbonyl (C=O) groups is 4. The minimum atomic E-state index is -0.180. The Kier molecular flexibility index (Phi) is 10.7. The van der Waals surface area contributed by atoms with E-state index in [4.69, 9.17) is 28.8 Å². The molecule has 4 aromatic rings. The van der Waals surface area contributed by atoms with Crippen LogP contribution in [-0.2, 0) is 0 Å². The first-order chi connectivity index (χ1) is 20.8. The molecule has 0 aromatic heterocycles. The van der Waals surface area contributed by atoms with Crippen molar-refractivity contribution < 1.29 is 19.2 Å². The zero-order valence-electron chi connectivity index (χ0n) is 23.6. The summed E-state index contributed by atoms with van der Waals surface area (Å²) in [6.07, 6.45) is 1.75. The number of benzene rings is 4. The van der Waals surface area contributed by atoms with Gasteiger partial charge in [-0.15, -0.1) is 0 Å². The monoisotopic (exact) mass is 596 g/mol. The second-order valence-corrected chi connectivity index (χ2v) is 10.2. The number of carbonyl (C=O) groups excluding carboxylic acids is 4. The van der Waals surface area contributed by atoms with Crippen molar-refractivity contribution in [3.63, 3.8) is 0 Å². The van der Waals surface area contributed by atoms with Crippen LogP contribution in [0.5, 0.6) is 0 Å². The number of nitrogens with two attached hydrogens (primary N) is 3. The van der Waals surface area contributed by atoms with Crippen molar-refractivity contribution in [2.45, 2.75) is 12.8 Å². The van der Waals surface area contributed by atoms with Crippen molar-refractivity contribution in [3.8, 4) is 0 Å². The van der Waals surface area contributed by atoms with Crippen molar-refractivity contribution in [1.29, 1.82) is 0 Å². The SMILES string of the molecule is NCCCN.NCCCNc1cccc2c1C(=O)c1ccccc1C2=O.O=C1c2ccccc2C(=O)c2c(Cl)cccc21. The minimum Gasteiger partial charge on any atom is -0.384 e. The third-order valence-corrected chi connectivity index (χ3v) is 7.27. The Hall–Kier alpha value is -4.47. The summed E-state index contributed by atoms with van der Waals surface area (Å²) in [6, 6.07) is 24.0. The van der Waals surface area contributed by atoms with E-state index in [1.165, 1.54) is 0 Å². The Bertz CT molecular complexity index is 1680. The average molecular weight is 597 g/mol. The Labute approximate surface area is 255 Å². The van der Waals surface area contributed by atoms with Gasteiger partial charge in [-0.3, -0.25) is 19.2 Å². The molecule has 0 bridgehead atoms. The number of fused-ring (bicyclic) bond motifs is 4. The van der Waals surface area contributed by atoms with Gasteiger partial charge in [0.25, 0.3) is 0 Å². The van der Waals surface area contributed by atoms with Gasteiger partial charge in [-0.1, -0.05) is 84.4 Å². The van der Waals surface area contributed by atoms with Crippen molar-refractivity contribution in [1.82, 2.24) is 0 Å². The van der Waals surface area contributed by atoms with Crippen LogP contribution in [0.25, 0.3) is 0 Å². The van der Waals surface area contributed by atoms with E-state index in [2.05, 4.69) is 5.32 Å². The second kappa shape index (κ2) is 14.6. The maximum absolute atomic E-state index is 12.7. The van der Waals surface area contributed by atoms with Gasteiger partial charge in [0.15, 0.2) is 23.1 Å². The molecule has 2 aliphatic rings. The highest BCUT2D eigenvalue weighted by atomic mass is 35.5. The number of hydrogen-bond donors (Lipinski definition) is 4. The van der Waals surface area contributed by atoms with Gasteiger partial charge in [0.1, 0.15) is 0 Å². The molecule has 0 saturated carbocycles. The zero-order valence-corrected chi connectivity index (χ0v) is 24.3. The summed E-state index contributed by atoms with van der Waals surface area (Å²) in [5.41, 5.74) is 19.8.